The van der Waals surface area contributed by atoms with E-state index in [0.717, 1.165) is 0 Å². The molecule has 1 unspecified atom stereocenters. The van der Waals surface area contributed by atoms with Crippen LogP contribution in [0.3, 0.4) is 0 Å². The van der Waals surface area contributed by atoms with Crippen molar-refractivity contribution in [1.82, 2.24) is 0 Å². The van der Waals surface area contributed by atoms with Crippen molar-refractivity contribution in [3.05, 3.63) is 34.9 Å². The molecule has 1 N–H and O–H groups in total. The average molecular weight is 187 g/mol. The van der Waals surface area contributed by atoms with Crippen molar-refractivity contribution in [2.45, 2.75) is 33.7 Å². The Kier molecular flexibility index (Phi) is 2.10. The highest BCUT2D eigenvalue weighted by Crippen LogP contribution is 2.32. The van der Waals surface area contributed by atoms with Gasteiger partial charge in [0.25, 0.3) is 0 Å². The smallest absolute Gasteiger partial charge is 0.0426 e. The van der Waals surface area contributed by atoms with Crippen molar-refractivity contribution in [2.24, 2.45) is 0 Å². The summed E-state index contributed by atoms with van der Waals surface area (Å²) >= 11 is 0. The zero-order valence-corrected chi connectivity index (χ0v) is 9.31. The van der Waals surface area contributed by atoms with E-state index in [2.05, 4.69) is 51.2 Å². The van der Waals surface area contributed by atoms with Crippen LogP contribution in [0.4, 0.5) is 5.69 Å². The molecular weight excluding hydrogens is 170 g/mol. The normalized spacial score (nSPS) is 19.7. The largest absolute Gasteiger partial charge is 0.379 e. The van der Waals surface area contributed by atoms with Crippen LogP contribution in [-0.2, 0) is 0 Å². The van der Waals surface area contributed by atoms with Gasteiger partial charge in [-0.1, -0.05) is 12.1 Å². The van der Waals surface area contributed by atoms with E-state index in [9.17, 15) is 0 Å². The quantitative estimate of drug-likeness (QED) is 0.655. The number of rotatable bonds is 0. The van der Waals surface area contributed by atoms with Gasteiger partial charge in [0.1, 0.15) is 0 Å². The molecule has 0 fully saturated rings. The van der Waals surface area contributed by atoms with Crippen LogP contribution >= 0.6 is 0 Å². The van der Waals surface area contributed by atoms with E-state index in [1.807, 2.05) is 0 Å². The molecule has 1 nitrogen and oxygen atoms in total. The number of benzene rings is 1. The maximum atomic E-state index is 3.50. The van der Waals surface area contributed by atoms with Gasteiger partial charge in [0, 0.05) is 17.3 Å². The Morgan fingerprint density at radius 2 is 1.86 bits per heavy atom. The second kappa shape index (κ2) is 3.16. The fourth-order valence-electron chi connectivity index (χ4n) is 2.35. The lowest BCUT2D eigenvalue weighted by Gasteiger charge is -2.24. The van der Waals surface area contributed by atoms with Crippen LogP contribution < -0.4 is 5.32 Å². The van der Waals surface area contributed by atoms with Crippen molar-refractivity contribution in [3.63, 3.8) is 0 Å². The minimum absolute atomic E-state index is 0.448. The molecule has 0 saturated carbocycles. The molecule has 1 aliphatic heterocycles. The van der Waals surface area contributed by atoms with Gasteiger partial charge < -0.3 is 5.32 Å². The summed E-state index contributed by atoms with van der Waals surface area (Å²) in [6.45, 7) is 8.71. The molecule has 0 radical (unpaired) electrons. The molecule has 0 amide bonds. The molecule has 1 aliphatic rings. The summed E-state index contributed by atoms with van der Waals surface area (Å²) in [7, 11) is 0. The van der Waals surface area contributed by atoms with Gasteiger partial charge in [0.15, 0.2) is 0 Å². The molecule has 1 heterocycles. The summed E-state index contributed by atoms with van der Waals surface area (Å²) in [6.07, 6.45) is 2.28. The molecule has 0 bridgehead atoms. The summed E-state index contributed by atoms with van der Waals surface area (Å²) in [6, 6.07) is 4.92. The standard InChI is InChI=1S/C13H17N/c1-8-5-9(2)13-10(3)7-11(4)14-12(13)6-8/h5-7,11,14H,1-4H3. The first-order valence-corrected chi connectivity index (χ1v) is 5.14. The first-order valence-electron chi connectivity index (χ1n) is 5.14. The summed E-state index contributed by atoms with van der Waals surface area (Å²) in [5, 5.41) is 3.50. The molecule has 74 valence electrons. The zero-order valence-electron chi connectivity index (χ0n) is 9.31. The first kappa shape index (κ1) is 9.32. The van der Waals surface area contributed by atoms with Gasteiger partial charge >= 0.3 is 0 Å². The lowest BCUT2D eigenvalue weighted by Crippen LogP contribution is -2.18. The third kappa shape index (κ3) is 1.43. The predicted octanol–water partition coefficient (Wildman–Crippen LogP) is 3.52. The summed E-state index contributed by atoms with van der Waals surface area (Å²) in [5.41, 5.74) is 6.76. The molecule has 0 spiro atoms. The fourth-order valence-corrected chi connectivity index (χ4v) is 2.35. The third-order valence-corrected chi connectivity index (χ3v) is 2.76. The molecule has 0 aromatic heterocycles. The van der Waals surface area contributed by atoms with Gasteiger partial charge in [-0.25, -0.2) is 0 Å². The van der Waals surface area contributed by atoms with Gasteiger partial charge in [0.2, 0.25) is 0 Å². The molecule has 1 atom stereocenters. The molecule has 0 saturated heterocycles. The van der Waals surface area contributed by atoms with Gasteiger partial charge in [-0.05, 0) is 50.5 Å². The number of allylic oxidation sites excluding steroid dienone is 1. The van der Waals surface area contributed by atoms with Crippen LogP contribution in [0.15, 0.2) is 18.2 Å². The topological polar surface area (TPSA) is 12.0 Å². The van der Waals surface area contributed by atoms with Gasteiger partial charge in [-0.15, -0.1) is 0 Å². The van der Waals surface area contributed by atoms with Crippen molar-refractivity contribution in [2.75, 3.05) is 5.32 Å². The van der Waals surface area contributed by atoms with E-state index >= 15 is 0 Å². The Bertz CT molecular complexity index is 402. The fraction of sp³-hybridized carbons (Fsp3) is 0.385. The van der Waals surface area contributed by atoms with Crippen molar-refractivity contribution in [3.8, 4) is 0 Å². The lowest BCUT2D eigenvalue weighted by molar-refractivity contribution is 0.980. The molecule has 1 heteroatoms. The van der Waals surface area contributed by atoms with E-state index in [1.165, 1.54) is 28.0 Å². The van der Waals surface area contributed by atoms with Gasteiger partial charge in [0.05, 0.1) is 0 Å². The minimum Gasteiger partial charge on any atom is -0.379 e. The second-order valence-electron chi connectivity index (χ2n) is 4.29. The second-order valence-corrected chi connectivity index (χ2v) is 4.29. The summed E-state index contributed by atoms with van der Waals surface area (Å²) in [4.78, 5) is 0. The highest BCUT2D eigenvalue weighted by Gasteiger charge is 2.15. The monoisotopic (exact) mass is 187 g/mol. The molecular formula is C13H17N. The van der Waals surface area contributed by atoms with E-state index in [0.29, 0.717) is 6.04 Å². The first-order chi connectivity index (χ1) is 6.58. The number of hydrogen-bond acceptors (Lipinski definition) is 1. The van der Waals surface area contributed by atoms with Crippen LogP contribution in [-0.4, -0.2) is 6.04 Å². The van der Waals surface area contributed by atoms with Crippen LogP contribution in [0.5, 0.6) is 0 Å². The minimum atomic E-state index is 0.448. The van der Waals surface area contributed by atoms with E-state index in [-0.39, 0.29) is 0 Å². The molecule has 1 aromatic rings. The molecule has 2 rings (SSSR count). The number of anilines is 1. The average Bonchev–Trinajstić information content (AvgIpc) is 1.99. The summed E-state index contributed by atoms with van der Waals surface area (Å²) in [5.74, 6) is 0. The van der Waals surface area contributed by atoms with Crippen molar-refractivity contribution < 1.29 is 0 Å². The van der Waals surface area contributed by atoms with E-state index < -0.39 is 0 Å². The number of aryl methyl sites for hydroxylation is 2. The molecule has 0 aliphatic carbocycles. The summed E-state index contributed by atoms with van der Waals surface area (Å²) < 4.78 is 0. The van der Waals surface area contributed by atoms with Gasteiger partial charge in [-0.2, -0.15) is 0 Å². The van der Waals surface area contributed by atoms with Crippen LogP contribution in [0, 0.1) is 13.8 Å². The van der Waals surface area contributed by atoms with Crippen molar-refractivity contribution in [1.29, 1.82) is 0 Å². The highest BCUT2D eigenvalue weighted by atomic mass is 14.9. The maximum absolute atomic E-state index is 3.50. The SMILES string of the molecule is CC1=CC(C)Nc2cc(C)cc(C)c21. The van der Waals surface area contributed by atoms with E-state index in [1.54, 1.807) is 0 Å². The Morgan fingerprint density at radius 1 is 1.14 bits per heavy atom. The van der Waals surface area contributed by atoms with Gasteiger partial charge in [-0.3, -0.25) is 0 Å². The zero-order chi connectivity index (χ0) is 10.3. The van der Waals surface area contributed by atoms with Crippen LogP contribution in [0.2, 0.25) is 0 Å². The van der Waals surface area contributed by atoms with Crippen molar-refractivity contribution >= 4 is 11.3 Å². The lowest BCUT2D eigenvalue weighted by atomic mass is 9.93. The maximum Gasteiger partial charge on any atom is 0.0426 e. The number of fused-ring (bicyclic) bond motifs is 1. The predicted molar refractivity (Wildman–Crippen MR) is 62.7 cm³/mol. The van der Waals surface area contributed by atoms with Crippen LogP contribution in [0.1, 0.15) is 30.5 Å². The highest BCUT2D eigenvalue weighted by molar-refractivity contribution is 5.81. The van der Waals surface area contributed by atoms with E-state index in [4.69, 9.17) is 0 Å². The number of hydrogen-bond donors (Lipinski definition) is 1. The molecule has 1 aromatic carbocycles. The number of nitrogens with one attached hydrogen (secondary N) is 1. The molecule has 14 heavy (non-hydrogen) atoms. The Hall–Kier alpha value is -1.24. The van der Waals surface area contributed by atoms with Crippen LogP contribution in [0.25, 0.3) is 5.57 Å². The Labute approximate surface area is 85.8 Å². The Balaban J connectivity index is 2.63. The Morgan fingerprint density at radius 3 is 2.57 bits per heavy atom. The third-order valence-electron chi connectivity index (χ3n) is 2.76.